The van der Waals surface area contributed by atoms with Crippen molar-refractivity contribution in [2.24, 2.45) is 0 Å². The topological polar surface area (TPSA) is 71.1 Å². The first kappa shape index (κ1) is 24.8. The van der Waals surface area contributed by atoms with Crippen LogP contribution in [0.4, 0.5) is 0 Å². The van der Waals surface area contributed by atoms with Crippen molar-refractivity contribution in [1.29, 1.82) is 0 Å². The smallest absolute Gasteiger partial charge is 0.338 e. The van der Waals surface area contributed by atoms with Gasteiger partial charge in [-0.1, -0.05) is 48.5 Å². The van der Waals surface area contributed by atoms with Gasteiger partial charge < -0.3 is 18.9 Å². The largest absolute Gasteiger partial charge is 0.454 e. The maximum atomic E-state index is 13.3. The van der Waals surface area contributed by atoms with E-state index in [1.165, 1.54) is 11.1 Å². The Balaban J connectivity index is 1.22. The second-order valence-electron chi connectivity index (χ2n) is 10.3. The lowest BCUT2D eigenvalue weighted by atomic mass is 10.1. The number of hydrogen-bond acceptors (Lipinski definition) is 6. The van der Waals surface area contributed by atoms with Crippen LogP contribution in [0, 0.1) is 0 Å². The van der Waals surface area contributed by atoms with Crippen molar-refractivity contribution in [2.75, 3.05) is 6.61 Å². The fourth-order valence-electron chi connectivity index (χ4n) is 5.72. The van der Waals surface area contributed by atoms with Gasteiger partial charge in [0, 0.05) is 6.61 Å². The number of aryl methyl sites for hydroxylation is 2. The number of fused-ring (bicyclic) bond motifs is 2. The molecule has 0 N–H and O–H groups in total. The summed E-state index contributed by atoms with van der Waals surface area (Å²) < 4.78 is 23.5. The van der Waals surface area contributed by atoms with Crippen LogP contribution in [0.1, 0.15) is 92.8 Å². The molecule has 1 fully saturated rings. The van der Waals surface area contributed by atoms with Crippen molar-refractivity contribution in [1.82, 2.24) is 0 Å². The standard InChI is InChI=1S/C32H32O6/c33-31(37-28-14-12-22-7-1-3-9-26(22)28)24-17-21(20-36-30-11-5-6-16-35-30)18-25(19-24)32(34)38-29-15-13-23-8-2-4-10-27(23)29/h1-4,7-10,17-19,28-30H,5-6,11-16,20H2/t28-,29-,30?/m1/s1. The van der Waals surface area contributed by atoms with E-state index in [2.05, 4.69) is 12.1 Å². The molecule has 6 rings (SSSR count). The Kier molecular flexibility index (Phi) is 7.25. The number of ether oxygens (including phenoxy) is 4. The highest BCUT2D eigenvalue weighted by Crippen LogP contribution is 2.36. The van der Waals surface area contributed by atoms with Gasteiger partial charge in [0.05, 0.1) is 17.7 Å². The van der Waals surface area contributed by atoms with Crippen LogP contribution in [-0.2, 0) is 38.4 Å². The number of benzene rings is 3. The van der Waals surface area contributed by atoms with Crippen LogP contribution in [-0.4, -0.2) is 24.8 Å². The third kappa shape index (κ3) is 5.38. The Morgan fingerprint density at radius 3 is 1.87 bits per heavy atom. The number of carbonyl (C=O) groups excluding carboxylic acids is 2. The van der Waals surface area contributed by atoms with E-state index >= 15 is 0 Å². The molecule has 6 nitrogen and oxygen atoms in total. The summed E-state index contributed by atoms with van der Waals surface area (Å²) in [6.45, 7) is 0.908. The molecule has 3 atom stereocenters. The van der Waals surface area contributed by atoms with Crippen LogP contribution in [0.5, 0.6) is 0 Å². The van der Waals surface area contributed by atoms with Gasteiger partial charge in [0.2, 0.25) is 0 Å². The van der Waals surface area contributed by atoms with E-state index in [0.717, 1.165) is 56.1 Å². The molecule has 3 aliphatic rings. The molecule has 0 radical (unpaired) electrons. The number of rotatable bonds is 7. The van der Waals surface area contributed by atoms with E-state index in [1.807, 2.05) is 36.4 Å². The minimum Gasteiger partial charge on any atom is -0.454 e. The summed E-state index contributed by atoms with van der Waals surface area (Å²) in [5.74, 6) is -0.912. The van der Waals surface area contributed by atoms with Gasteiger partial charge in [-0.3, -0.25) is 0 Å². The molecule has 0 amide bonds. The quantitative estimate of drug-likeness (QED) is 0.340. The Morgan fingerprint density at radius 2 is 1.32 bits per heavy atom. The predicted molar refractivity (Wildman–Crippen MR) is 141 cm³/mol. The zero-order chi connectivity index (χ0) is 25.9. The summed E-state index contributed by atoms with van der Waals surface area (Å²) in [5.41, 5.74) is 5.86. The third-order valence-corrected chi connectivity index (χ3v) is 7.69. The Hall–Kier alpha value is -3.48. The first-order valence-electron chi connectivity index (χ1n) is 13.6. The molecule has 1 aliphatic heterocycles. The zero-order valence-electron chi connectivity index (χ0n) is 21.4. The van der Waals surface area contributed by atoms with Crippen LogP contribution < -0.4 is 0 Å². The molecule has 0 aromatic heterocycles. The highest BCUT2D eigenvalue weighted by molar-refractivity contribution is 5.96. The molecule has 3 aromatic carbocycles. The highest BCUT2D eigenvalue weighted by atomic mass is 16.7. The van der Waals surface area contributed by atoms with E-state index in [0.29, 0.717) is 23.3 Å². The van der Waals surface area contributed by atoms with E-state index in [9.17, 15) is 9.59 Å². The van der Waals surface area contributed by atoms with E-state index in [4.69, 9.17) is 18.9 Å². The van der Waals surface area contributed by atoms with E-state index in [-0.39, 0.29) is 25.1 Å². The zero-order valence-corrected chi connectivity index (χ0v) is 21.4. The molecule has 6 heteroatoms. The lowest BCUT2D eigenvalue weighted by Gasteiger charge is -2.23. The average molecular weight is 513 g/mol. The summed E-state index contributed by atoms with van der Waals surface area (Å²) in [6, 6.07) is 21.2. The summed E-state index contributed by atoms with van der Waals surface area (Å²) in [7, 11) is 0. The van der Waals surface area contributed by atoms with Gasteiger partial charge in [0.25, 0.3) is 0 Å². The monoisotopic (exact) mass is 512 g/mol. The van der Waals surface area contributed by atoms with Gasteiger partial charge in [0.15, 0.2) is 6.29 Å². The maximum Gasteiger partial charge on any atom is 0.338 e. The van der Waals surface area contributed by atoms with Gasteiger partial charge in [0.1, 0.15) is 12.2 Å². The van der Waals surface area contributed by atoms with Crippen molar-refractivity contribution in [3.05, 3.63) is 106 Å². The lowest BCUT2D eigenvalue weighted by molar-refractivity contribution is -0.168. The Bertz CT molecular complexity index is 1240. The summed E-state index contributed by atoms with van der Waals surface area (Å²) in [4.78, 5) is 26.6. The van der Waals surface area contributed by atoms with Crippen LogP contribution in [0.2, 0.25) is 0 Å². The van der Waals surface area contributed by atoms with Gasteiger partial charge in [-0.2, -0.15) is 0 Å². The number of carbonyl (C=O) groups is 2. The first-order valence-corrected chi connectivity index (χ1v) is 13.6. The minimum atomic E-state index is -0.456. The fourth-order valence-corrected chi connectivity index (χ4v) is 5.72. The van der Waals surface area contributed by atoms with E-state index < -0.39 is 11.9 Å². The molecule has 1 unspecified atom stereocenters. The Morgan fingerprint density at radius 1 is 0.737 bits per heavy atom. The molecule has 1 saturated heterocycles. The third-order valence-electron chi connectivity index (χ3n) is 7.69. The van der Waals surface area contributed by atoms with Gasteiger partial charge in [-0.05, 0) is 91.0 Å². The normalized spacial score (nSPS) is 21.9. The van der Waals surface area contributed by atoms with Crippen molar-refractivity contribution in [2.45, 2.75) is 70.1 Å². The lowest BCUT2D eigenvalue weighted by Crippen LogP contribution is -2.22. The molecule has 1 heterocycles. The van der Waals surface area contributed by atoms with Gasteiger partial charge in [-0.25, -0.2) is 9.59 Å². The Labute approximate surface area is 222 Å². The molecule has 0 saturated carbocycles. The number of hydrogen-bond donors (Lipinski definition) is 0. The van der Waals surface area contributed by atoms with Gasteiger partial charge in [-0.15, -0.1) is 0 Å². The molecule has 2 aliphatic carbocycles. The average Bonchev–Trinajstić information content (AvgIpc) is 3.56. The van der Waals surface area contributed by atoms with Crippen molar-refractivity contribution >= 4 is 11.9 Å². The predicted octanol–water partition coefficient (Wildman–Crippen LogP) is 6.42. The highest BCUT2D eigenvalue weighted by Gasteiger charge is 2.29. The summed E-state index contributed by atoms with van der Waals surface area (Å²) in [6.07, 6.45) is 5.32. The van der Waals surface area contributed by atoms with Crippen LogP contribution >= 0.6 is 0 Å². The molecular formula is C32H32O6. The summed E-state index contributed by atoms with van der Waals surface area (Å²) in [5, 5.41) is 0. The second-order valence-corrected chi connectivity index (χ2v) is 10.3. The van der Waals surface area contributed by atoms with Gasteiger partial charge >= 0.3 is 11.9 Å². The molecule has 38 heavy (non-hydrogen) atoms. The molecule has 3 aromatic rings. The maximum absolute atomic E-state index is 13.3. The molecule has 0 bridgehead atoms. The second kappa shape index (κ2) is 11.1. The molecule has 0 spiro atoms. The van der Waals surface area contributed by atoms with Crippen molar-refractivity contribution in [3.63, 3.8) is 0 Å². The fraction of sp³-hybridized carbons (Fsp3) is 0.375. The molecular weight excluding hydrogens is 480 g/mol. The SMILES string of the molecule is O=C(O[C@@H]1CCc2ccccc21)c1cc(COC2CCCCO2)cc(C(=O)O[C@@H]2CCc3ccccc32)c1. The van der Waals surface area contributed by atoms with Crippen LogP contribution in [0.25, 0.3) is 0 Å². The van der Waals surface area contributed by atoms with Crippen LogP contribution in [0.15, 0.2) is 66.7 Å². The first-order chi connectivity index (χ1) is 18.6. The van der Waals surface area contributed by atoms with Crippen molar-refractivity contribution in [3.8, 4) is 0 Å². The minimum absolute atomic E-state index is 0.227. The van der Waals surface area contributed by atoms with Crippen LogP contribution in [0.3, 0.4) is 0 Å². The van der Waals surface area contributed by atoms with Crippen molar-refractivity contribution < 1.29 is 28.5 Å². The van der Waals surface area contributed by atoms with E-state index in [1.54, 1.807) is 18.2 Å². The number of esters is 2. The summed E-state index contributed by atoms with van der Waals surface area (Å²) >= 11 is 0. The molecule has 196 valence electrons.